The summed E-state index contributed by atoms with van der Waals surface area (Å²) >= 11 is 6.48. The third-order valence-corrected chi connectivity index (χ3v) is 9.28. The van der Waals surface area contributed by atoms with Crippen LogP contribution in [0.15, 0.2) is 23.1 Å². The average Bonchev–Trinajstić information content (AvgIpc) is 2.87. The largest absolute Gasteiger partial charge is 0.444 e. The Balaban J connectivity index is 1.74. The summed E-state index contributed by atoms with van der Waals surface area (Å²) < 4.78 is 45.9. The molecule has 0 saturated carbocycles. The van der Waals surface area contributed by atoms with E-state index in [1.807, 2.05) is 18.7 Å². The van der Waals surface area contributed by atoms with Gasteiger partial charge in [0.25, 0.3) is 5.91 Å². The summed E-state index contributed by atoms with van der Waals surface area (Å²) in [7, 11) is -3.53. The van der Waals surface area contributed by atoms with Gasteiger partial charge in [0.1, 0.15) is 11.4 Å². The molecule has 1 aliphatic heterocycles. The number of nitrogens with zero attached hydrogens (tertiary/aromatic N) is 1. The number of amides is 2. The van der Waals surface area contributed by atoms with Crippen molar-refractivity contribution in [3.8, 4) is 0 Å². The van der Waals surface area contributed by atoms with Gasteiger partial charge in [-0.3, -0.25) is 9.69 Å². The van der Waals surface area contributed by atoms with Gasteiger partial charge < -0.3 is 21.1 Å². The van der Waals surface area contributed by atoms with Gasteiger partial charge in [-0.25, -0.2) is 17.6 Å². The zero-order valence-corrected chi connectivity index (χ0v) is 26.1. The predicted molar refractivity (Wildman–Crippen MR) is 158 cm³/mol. The molecule has 0 radical (unpaired) electrons. The number of carbonyl (C=O) groups excluding carboxylic acids is 2. The van der Waals surface area contributed by atoms with E-state index in [2.05, 4.69) is 10.6 Å². The highest BCUT2D eigenvalue weighted by Crippen LogP contribution is 2.32. The van der Waals surface area contributed by atoms with Gasteiger partial charge in [-0.15, -0.1) is 0 Å². The van der Waals surface area contributed by atoms with Crippen LogP contribution < -0.4 is 16.4 Å². The zero-order chi connectivity index (χ0) is 30.7. The Kier molecular flexibility index (Phi) is 10.3. The van der Waals surface area contributed by atoms with Crippen molar-refractivity contribution in [2.45, 2.75) is 84.0 Å². The maximum Gasteiger partial charge on any atom is 0.407 e. The summed E-state index contributed by atoms with van der Waals surface area (Å²) in [5.41, 5.74) is 7.67. The number of piperidine rings is 1. The van der Waals surface area contributed by atoms with Crippen molar-refractivity contribution in [1.82, 2.24) is 15.5 Å². The number of nitrogen functional groups attached to an aromatic ring is 1. The van der Waals surface area contributed by atoms with Gasteiger partial charge in [0, 0.05) is 31.2 Å². The number of anilines is 1. The molecule has 0 aromatic heterocycles. The number of nitrogens with one attached hydrogen (secondary N) is 2. The minimum Gasteiger partial charge on any atom is -0.444 e. The van der Waals surface area contributed by atoms with E-state index in [0.717, 1.165) is 30.0 Å². The molecule has 9 nitrogen and oxygen atoms in total. The maximum absolute atomic E-state index is 15.3. The Bertz CT molecular complexity index is 1430. The number of ether oxygens (including phenoxy) is 1. The first-order valence-corrected chi connectivity index (χ1v) is 15.6. The Hall–Kier alpha value is -2.89. The second kappa shape index (κ2) is 13.0. The topological polar surface area (TPSA) is 131 Å². The highest BCUT2D eigenvalue weighted by molar-refractivity contribution is 7.91. The van der Waals surface area contributed by atoms with Gasteiger partial charge >= 0.3 is 6.09 Å². The number of carbonyl (C=O) groups is 2. The highest BCUT2D eigenvalue weighted by Gasteiger charge is 2.27. The van der Waals surface area contributed by atoms with E-state index >= 15 is 4.39 Å². The summed E-state index contributed by atoms with van der Waals surface area (Å²) in [5.74, 6) is -1.44. The van der Waals surface area contributed by atoms with E-state index in [0.29, 0.717) is 18.7 Å². The fraction of sp³-hybridized carbons (Fsp3) is 0.517. The summed E-state index contributed by atoms with van der Waals surface area (Å²) in [6, 6.07) is 4.20. The molecule has 0 bridgehead atoms. The van der Waals surface area contributed by atoms with Gasteiger partial charge in [-0.2, -0.15) is 0 Å². The number of nitrogens with two attached hydrogens (primary N) is 1. The second-order valence-electron chi connectivity index (χ2n) is 11.5. The second-order valence-corrected chi connectivity index (χ2v) is 14.1. The van der Waals surface area contributed by atoms with E-state index in [1.54, 1.807) is 39.8 Å². The van der Waals surface area contributed by atoms with Gasteiger partial charge in [0.05, 0.1) is 26.9 Å². The minimum atomic E-state index is -3.53. The lowest BCUT2D eigenvalue weighted by Gasteiger charge is -2.34. The first kappa shape index (κ1) is 32.6. The Morgan fingerprint density at radius 3 is 2.49 bits per heavy atom. The minimum absolute atomic E-state index is 0.0576. The first-order chi connectivity index (χ1) is 19.0. The summed E-state index contributed by atoms with van der Waals surface area (Å²) in [4.78, 5) is 27.3. The van der Waals surface area contributed by atoms with Crippen LogP contribution in [0.25, 0.3) is 0 Å². The van der Waals surface area contributed by atoms with E-state index in [1.165, 1.54) is 0 Å². The molecule has 2 aromatic carbocycles. The fourth-order valence-corrected chi connectivity index (χ4v) is 6.18. The summed E-state index contributed by atoms with van der Waals surface area (Å²) in [6.07, 6.45) is 1.03. The summed E-state index contributed by atoms with van der Waals surface area (Å²) in [6.45, 7) is 11.8. The van der Waals surface area contributed by atoms with Crippen molar-refractivity contribution >= 4 is 39.1 Å². The molecule has 4 N–H and O–H groups in total. The molecule has 0 aliphatic carbocycles. The number of benzene rings is 2. The lowest BCUT2D eigenvalue weighted by Crippen LogP contribution is -2.48. The Morgan fingerprint density at radius 1 is 1.20 bits per heavy atom. The van der Waals surface area contributed by atoms with Crippen molar-refractivity contribution in [3.05, 3.63) is 56.9 Å². The number of rotatable bonds is 8. The van der Waals surface area contributed by atoms with Gasteiger partial charge in [-0.1, -0.05) is 24.6 Å². The number of likely N-dealkylation sites (tertiary alicyclic amines) is 1. The van der Waals surface area contributed by atoms with Crippen LogP contribution in [-0.4, -0.2) is 55.8 Å². The molecule has 226 valence electrons. The molecular weight excluding hydrogens is 571 g/mol. The molecule has 0 spiro atoms. The molecule has 1 heterocycles. The molecule has 2 amide bonds. The molecule has 41 heavy (non-hydrogen) atoms. The fourth-order valence-electron chi connectivity index (χ4n) is 4.73. The van der Waals surface area contributed by atoms with Gasteiger partial charge in [0.15, 0.2) is 9.84 Å². The standard InChI is InChI=1S/C29H40ClFN4O5S/c1-7-41(38,39)24-12-18(3)17(2)11-19(24)14-33-27(36)21-13-23(31)22(25(30)26(21)32)16-35-10-8-9-20(15-35)34-28(37)40-29(4,5)6/h11-13,20H,7-10,14-16,32H2,1-6H3,(H,33,36)(H,34,37). The molecule has 1 atom stereocenters. The van der Waals surface area contributed by atoms with Gasteiger partial charge in [0.2, 0.25) is 0 Å². The highest BCUT2D eigenvalue weighted by atomic mass is 35.5. The lowest BCUT2D eigenvalue weighted by atomic mass is 10.0. The van der Waals surface area contributed by atoms with Crippen LogP contribution in [0.4, 0.5) is 14.9 Å². The third-order valence-electron chi connectivity index (χ3n) is 7.03. The van der Waals surface area contributed by atoms with Crippen LogP contribution in [0.1, 0.15) is 73.1 Å². The van der Waals surface area contributed by atoms with E-state index in [4.69, 9.17) is 22.1 Å². The first-order valence-electron chi connectivity index (χ1n) is 13.6. The van der Waals surface area contributed by atoms with Crippen molar-refractivity contribution < 1.29 is 27.1 Å². The monoisotopic (exact) mass is 610 g/mol. The normalized spacial score (nSPS) is 16.3. The van der Waals surface area contributed by atoms with E-state index < -0.39 is 33.3 Å². The molecule has 1 unspecified atom stereocenters. The SMILES string of the molecule is CCS(=O)(=O)c1cc(C)c(C)cc1CNC(=O)c1cc(F)c(CN2CCCC(NC(=O)OC(C)(C)C)C2)c(Cl)c1N. The Labute approximate surface area is 246 Å². The molecule has 3 rings (SSSR count). The van der Waals surface area contributed by atoms with Crippen molar-refractivity contribution in [2.24, 2.45) is 0 Å². The molecule has 12 heteroatoms. The van der Waals surface area contributed by atoms with Gasteiger partial charge in [-0.05, 0) is 82.8 Å². The van der Waals surface area contributed by atoms with Crippen LogP contribution >= 0.6 is 11.6 Å². The van der Waals surface area contributed by atoms with Crippen molar-refractivity contribution in [2.75, 3.05) is 24.6 Å². The molecule has 1 fully saturated rings. The van der Waals surface area contributed by atoms with Crippen LogP contribution in [-0.2, 0) is 27.7 Å². The van der Waals surface area contributed by atoms with E-state index in [9.17, 15) is 18.0 Å². The molecule has 1 saturated heterocycles. The maximum atomic E-state index is 15.3. The number of hydrogen-bond donors (Lipinski definition) is 3. The van der Waals surface area contributed by atoms with Crippen LogP contribution in [0, 0.1) is 19.7 Å². The lowest BCUT2D eigenvalue weighted by molar-refractivity contribution is 0.0469. The third kappa shape index (κ3) is 8.33. The predicted octanol–water partition coefficient (Wildman–Crippen LogP) is 4.89. The number of sulfone groups is 1. The van der Waals surface area contributed by atoms with E-state index in [-0.39, 0.29) is 51.6 Å². The summed E-state index contributed by atoms with van der Waals surface area (Å²) in [5, 5.41) is 5.47. The molecule has 1 aliphatic rings. The zero-order valence-electron chi connectivity index (χ0n) is 24.5. The average molecular weight is 611 g/mol. The van der Waals surface area contributed by atoms with Crippen LogP contribution in [0.2, 0.25) is 5.02 Å². The number of halogens is 2. The molecular formula is C29H40ClFN4O5S. The van der Waals surface area contributed by atoms with Crippen LogP contribution in [0.3, 0.4) is 0 Å². The van der Waals surface area contributed by atoms with Crippen LogP contribution in [0.5, 0.6) is 0 Å². The number of hydrogen-bond acceptors (Lipinski definition) is 7. The quantitative estimate of drug-likeness (QED) is 0.363. The van der Waals surface area contributed by atoms with Crippen molar-refractivity contribution in [1.29, 1.82) is 0 Å². The number of aryl methyl sites for hydroxylation is 2. The van der Waals surface area contributed by atoms with Crippen molar-refractivity contribution in [3.63, 3.8) is 0 Å². The number of alkyl carbamates (subject to hydrolysis) is 1. The smallest absolute Gasteiger partial charge is 0.407 e. The molecule has 2 aromatic rings. The Morgan fingerprint density at radius 2 is 1.85 bits per heavy atom.